The number of amides is 2. The van der Waals surface area contributed by atoms with Crippen molar-refractivity contribution >= 4 is 11.7 Å². The van der Waals surface area contributed by atoms with Crippen LogP contribution >= 0.6 is 0 Å². The Morgan fingerprint density at radius 1 is 1.25 bits per heavy atom. The smallest absolute Gasteiger partial charge is 0.319 e. The van der Waals surface area contributed by atoms with Crippen LogP contribution < -0.4 is 15.4 Å². The van der Waals surface area contributed by atoms with Crippen molar-refractivity contribution in [1.82, 2.24) is 10.3 Å². The predicted octanol–water partition coefficient (Wildman–Crippen LogP) is 2.61. The van der Waals surface area contributed by atoms with Gasteiger partial charge >= 0.3 is 6.03 Å². The number of hydrogen-bond donors (Lipinski definition) is 2. The van der Waals surface area contributed by atoms with Crippen LogP contribution in [0.15, 0.2) is 42.6 Å². The first-order valence-corrected chi connectivity index (χ1v) is 7.54. The molecule has 2 N–H and O–H groups in total. The topological polar surface area (TPSA) is 72.5 Å². The highest BCUT2D eigenvalue weighted by atomic mass is 19.1. The fraction of sp³-hybridized carbons (Fsp3) is 0.294. The number of pyridine rings is 1. The zero-order valence-electron chi connectivity index (χ0n) is 13.4. The Morgan fingerprint density at radius 3 is 2.83 bits per heavy atom. The summed E-state index contributed by atoms with van der Waals surface area (Å²) in [5, 5.41) is 5.37. The quantitative estimate of drug-likeness (QED) is 0.729. The molecule has 0 bridgehead atoms. The van der Waals surface area contributed by atoms with Gasteiger partial charge < -0.3 is 20.1 Å². The Kier molecular flexibility index (Phi) is 6.97. The van der Waals surface area contributed by atoms with Gasteiger partial charge in [0, 0.05) is 19.7 Å². The van der Waals surface area contributed by atoms with Crippen LogP contribution in [0.4, 0.5) is 14.9 Å². The summed E-state index contributed by atoms with van der Waals surface area (Å²) in [7, 11) is 1.59. The summed E-state index contributed by atoms with van der Waals surface area (Å²) >= 11 is 0. The van der Waals surface area contributed by atoms with Gasteiger partial charge in [-0.1, -0.05) is 12.1 Å². The van der Waals surface area contributed by atoms with Gasteiger partial charge in [-0.05, 0) is 30.2 Å². The third-order valence-corrected chi connectivity index (χ3v) is 3.12. The number of anilines is 1. The van der Waals surface area contributed by atoms with E-state index in [9.17, 15) is 9.18 Å². The molecular weight excluding hydrogens is 313 g/mol. The Labute approximate surface area is 140 Å². The number of methoxy groups -OCH3 is 1. The lowest BCUT2D eigenvalue weighted by Gasteiger charge is -2.08. The molecule has 1 aromatic heterocycles. The van der Waals surface area contributed by atoms with E-state index in [-0.39, 0.29) is 11.8 Å². The molecule has 6 nitrogen and oxygen atoms in total. The van der Waals surface area contributed by atoms with E-state index in [1.54, 1.807) is 25.3 Å². The van der Waals surface area contributed by atoms with Gasteiger partial charge in [0.1, 0.15) is 12.4 Å². The lowest BCUT2D eigenvalue weighted by atomic mass is 10.1. The standard InChI is InChI=1S/C17H20FN3O3/c1-23-9-10-24-16-6-5-15(12-20-16)21-17(22)19-8-7-13-3-2-4-14(18)11-13/h2-6,11-12H,7-10H2,1H3,(H2,19,21,22). The number of benzene rings is 1. The Bertz CT molecular complexity index is 650. The second-order valence-corrected chi connectivity index (χ2v) is 4.99. The van der Waals surface area contributed by atoms with Gasteiger partial charge in [0.2, 0.25) is 5.88 Å². The predicted molar refractivity (Wildman–Crippen MR) is 88.7 cm³/mol. The van der Waals surface area contributed by atoms with Gasteiger partial charge in [-0.3, -0.25) is 0 Å². The molecule has 2 rings (SSSR count). The van der Waals surface area contributed by atoms with Crippen LogP contribution in [0.25, 0.3) is 0 Å². The number of rotatable bonds is 8. The van der Waals surface area contributed by atoms with E-state index in [4.69, 9.17) is 9.47 Å². The van der Waals surface area contributed by atoms with Gasteiger partial charge in [0.25, 0.3) is 0 Å². The minimum Gasteiger partial charge on any atom is -0.475 e. The molecular formula is C17H20FN3O3. The van der Waals surface area contributed by atoms with Crippen molar-refractivity contribution in [2.75, 3.05) is 32.2 Å². The second-order valence-electron chi connectivity index (χ2n) is 4.99. The molecule has 24 heavy (non-hydrogen) atoms. The number of carbonyl (C=O) groups excluding carboxylic acids is 1. The van der Waals surface area contributed by atoms with Crippen molar-refractivity contribution in [2.24, 2.45) is 0 Å². The number of nitrogens with zero attached hydrogens (tertiary/aromatic N) is 1. The van der Waals surface area contributed by atoms with E-state index in [1.807, 2.05) is 6.07 Å². The van der Waals surface area contributed by atoms with Crippen LogP contribution in [0, 0.1) is 5.82 Å². The molecule has 0 aliphatic carbocycles. The summed E-state index contributed by atoms with van der Waals surface area (Å²) in [4.78, 5) is 15.9. The molecule has 7 heteroatoms. The van der Waals surface area contributed by atoms with E-state index in [0.29, 0.717) is 37.7 Å². The summed E-state index contributed by atoms with van der Waals surface area (Å²) in [5.41, 5.74) is 1.38. The molecule has 0 unspecified atom stereocenters. The number of halogens is 1. The van der Waals surface area contributed by atoms with Crippen molar-refractivity contribution in [1.29, 1.82) is 0 Å². The summed E-state index contributed by atoms with van der Waals surface area (Å²) in [6, 6.07) is 9.31. The third kappa shape index (κ3) is 6.21. The molecule has 0 saturated carbocycles. The largest absolute Gasteiger partial charge is 0.475 e. The van der Waals surface area contributed by atoms with Gasteiger partial charge in [-0.2, -0.15) is 0 Å². The first kappa shape index (κ1) is 17.7. The van der Waals surface area contributed by atoms with Crippen molar-refractivity contribution < 1.29 is 18.7 Å². The molecule has 0 atom stereocenters. The van der Waals surface area contributed by atoms with Gasteiger partial charge in [-0.15, -0.1) is 0 Å². The Hall–Kier alpha value is -2.67. The molecule has 1 aromatic carbocycles. The first-order chi connectivity index (χ1) is 11.7. The van der Waals surface area contributed by atoms with Crippen LogP contribution in [0.1, 0.15) is 5.56 Å². The molecule has 0 saturated heterocycles. The molecule has 0 aliphatic rings. The van der Waals surface area contributed by atoms with Crippen LogP contribution in [0.5, 0.6) is 5.88 Å². The minimum atomic E-state index is -0.346. The summed E-state index contributed by atoms with van der Waals surface area (Å²) in [6.45, 7) is 1.30. The third-order valence-electron chi connectivity index (χ3n) is 3.12. The van der Waals surface area contributed by atoms with E-state index in [0.717, 1.165) is 5.56 Å². The van der Waals surface area contributed by atoms with E-state index < -0.39 is 0 Å². The number of hydrogen-bond acceptors (Lipinski definition) is 4. The number of urea groups is 1. The fourth-order valence-corrected chi connectivity index (χ4v) is 1.96. The zero-order chi connectivity index (χ0) is 17.2. The highest BCUT2D eigenvalue weighted by Crippen LogP contribution is 2.11. The number of carbonyl (C=O) groups is 1. The highest BCUT2D eigenvalue weighted by molar-refractivity contribution is 5.88. The SMILES string of the molecule is COCCOc1ccc(NC(=O)NCCc2cccc(F)c2)cn1. The zero-order valence-corrected chi connectivity index (χ0v) is 13.4. The van der Waals surface area contributed by atoms with Crippen LogP contribution in [-0.4, -0.2) is 37.9 Å². The molecule has 0 radical (unpaired) electrons. The van der Waals surface area contributed by atoms with Crippen LogP contribution in [0.2, 0.25) is 0 Å². The van der Waals surface area contributed by atoms with E-state index >= 15 is 0 Å². The van der Waals surface area contributed by atoms with E-state index in [2.05, 4.69) is 15.6 Å². The molecule has 0 fully saturated rings. The maximum atomic E-state index is 13.0. The summed E-state index contributed by atoms with van der Waals surface area (Å²) in [6.07, 6.45) is 2.06. The Balaban J connectivity index is 1.71. The van der Waals surface area contributed by atoms with Crippen molar-refractivity contribution in [3.05, 3.63) is 54.0 Å². The number of ether oxygens (including phenoxy) is 2. The fourth-order valence-electron chi connectivity index (χ4n) is 1.96. The molecule has 2 amide bonds. The van der Waals surface area contributed by atoms with Crippen molar-refractivity contribution in [3.63, 3.8) is 0 Å². The van der Waals surface area contributed by atoms with E-state index in [1.165, 1.54) is 18.3 Å². The highest BCUT2D eigenvalue weighted by Gasteiger charge is 2.03. The maximum Gasteiger partial charge on any atom is 0.319 e. The molecule has 128 valence electrons. The lowest BCUT2D eigenvalue weighted by Crippen LogP contribution is -2.30. The molecule has 1 heterocycles. The number of nitrogens with one attached hydrogen (secondary N) is 2. The first-order valence-electron chi connectivity index (χ1n) is 7.54. The van der Waals surface area contributed by atoms with Crippen LogP contribution in [-0.2, 0) is 11.2 Å². The average Bonchev–Trinajstić information content (AvgIpc) is 2.57. The summed E-state index contributed by atoms with van der Waals surface area (Å²) < 4.78 is 23.3. The van der Waals surface area contributed by atoms with Gasteiger partial charge in [0.05, 0.1) is 18.5 Å². The maximum absolute atomic E-state index is 13.0. The summed E-state index contributed by atoms with van der Waals surface area (Å²) in [5.74, 6) is 0.181. The minimum absolute atomic E-state index is 0.282. The molecule has 2 aromatic rings. The number of aromatic nitrogens is 1. The van der Waals surface area contributed by atoms with Crippen LogP contribution in [0.3, 0.4) is 0 Å². The molecule has 0 aliphatic heterocycles. The monoisotopic (exact) mass is 333 g/mol. The van der Waals surface area contributed by atoms with Crippen molar-refractivity contribution in [2.45, 2.75) is 6.42 Å². The normalized spacial score (nSPS) is 10.2. The van der Waals surface area contributed by atoms with Gasteiger partial charge in [-0.25, -0.2) is 14.2 Å². The average molecular weight is 333 g/mol. The van der Waals surface area contributed by atoms with Gasteiger partial charge in [0.15, 0.2) is 0 Å². The molecule has 0 spiro atoms. The van der Waals surface area contributed by atoms with Crippen molar-refractivity contribution in [3.8, 4) is 5.88 Å². The second kappa shape index (κ2) is 9.46. The lowest BCUT2D eigenvalue weighted by molar-refractivity contribution is 0.144. The Morgan fingerprint density at radius 2 is 2.12 bits per heavy atom.